The normalized spacial score (nSPS) is 26.1. The first-order chi connectivity index (χ1) is 13.6. The van der Waals surface area contributed by atoms with Crippen LogP contribution in [0.2, 0.25) is 0 Å². The lowest BCUT2D eigenvalue weighted by Gasteiger charge is -2.40. The Morgan fingerprint density at radius 3 is 2.59 bits per heavy atom. The third-order valence-corrected chi connectivity index (χ3v) is 4.70. The minimum atomic E-state index is -4.44. The third-order valence-electron chi connectivity index (χ3n) is 4.70. The Morgan fingerprint density at radius 1 is 1.30 bits per heavy atom. The summed E-state index contributed by atoms with van der Waals surface area (Å²) in [7, 11) is 1.44. The summed E-state index contributed by atoms with van der Waals surface area (Å²) in [5, 5.41) is 2.75. The molecular weight excluding hydrogens is 357 g/mol. The molecular formula is C20H29F3N2O2. The number of rotatable bonds is 3. The Bertz CT molecular complexity index is 748. The van der Waals surface area contributed by atoms with Crippen LogP contribution >= 0.6 is 0 Å². The summed E-state index contributed by atoms with van der Waals surface area (Å²) in [6.45, 7) is 2.77. The van der Waals surface area contributed by atoms with Crippen molar-refractivity contribution in [3.63, 3.8) is 0 Å². The average Bonchev–Trinajstić information content (AvgIpc) is 2.58. The fourth-order valence-corrected chi connectivity index (χ4v) is 3.47. The molecule has 1 unspecified atom stereocenters. The van der Waals surface area contributed by atoms with Crippen molar-refractivity contribution in [3.05, 3.63) is 35.4 Å². The van der Waals surface area contributed by atoms with Crippen LogP contribution < -0.4 is 5.32 Å². The molecule has 1 aromatic rings. The van der Waals surface area contributed by atoms with Crippen molar-refractivity contribution in [3.8, 4) is 0 Å². The van der Waals surface area contributed by atoms with Gasteiger partial charge in [-0.2, -0.15) is 13.2 Å². The van der Waals surface area contributed by atoms with Crippen molar-refractivity contribution in [1.82, 2.24) is 10.2 Å². The predicted molar refractivity (Wildman–Crippen MR) is 98.7 cm³/mol. The van der Waals surface area contributed by atoms with Gasteiger partial charge < -0.3 is 15.0 Å². The van der Waals surface area contributed by atoms with Crippen LogP contribution in [0.1, 0.15) is 61.2 Å². The molecule has 1 N–H and O–H groups in total. The Morgan fingerprint density at radius 2 is 2.00 bits per heavy atom. The smallest absolute Gasteiger partial charge is 0.416 e. The highest BCUT2D eigenvalue weighted by atomic mass is 19.4. The number of nitrogens with zero attached hydrogens (tertiary/aromatic N) is 1. The molecule has 1 aliphatic rings. The maximum absolute atomic E-state index is 13.1. The number of carbonyl (C=O) groups is 1. The van der Waals surface area contributed by atoms with Gasteiger partial charge in [0.1, 0.15) is 5.60 Å². The number of nitrogens with one attached hydrogen (secondary N) is 1. The number of halogens is 3. The van der Waals surface area contributed by atoms with Crippen LogP contribution in [0.5, 0.6) is 0 Å². The molecule has 3 atom stereocenters. The number of hydrogen-bond donors (Lipinski definition) is 1. The summed E-state index contributed by atoms with van der Waals surface area (Å²) < 4.78 is 67.8. The summed E-state index contributed by atoms with van der Waals surface area (Å²) in [5.41, 5.74) is -0.913. The monoisotopic (exact) mass is 389 g/mol. The number of alkyl halides is 3. The fourth-order valence-electron chi connectivity index (χ4n) is 3.47. The fraction of sp³-hybridized carbons (Fsp3) is 0.650. The molecule has 152 valence electrons. The number of carbonyl (C=O) groups excluding carboxylic acids is 1. The zero-order chi connectivity index (χ0) is 22.9. The molecule has 1 aliphatic carbocycles. The summed E-state index contributed by atoms with van der Waals surface area (Å²) in [5.74, 6) is -0.251. The first-order valence-corrected chi connectivity index (χ1v) is 8.97. The molecule has 27 heavy (non-hydrogen) atoms. The number of benzene rings is 1. The molecule has 1 amide bonds. The van der Waals surface area contributed by atoms with Crippen molar-refractivity contribution >= 4 is 6.09 Å². The first-order valence-electron chi connectivity index (χ1n) is 10.5. The zero-order valence-electron chi connectivity index (χ0n) is 19.1. The van der Waals surface area contributed by atoms with E-state index in [-0.39, 0.29) is 5.92 Å². The molecule has 0 heterocycles. The number of ether oxygens (including phenoxy) is 1. The van der Waals surface area contributed by atoms with Crippen molar-refractivity contribution < 1.29 is 26.8 Å². The van der Waals surface area contributed by atoms with Crippen LogP contribution in [0.25, 0.3) is 0 Å². The molecule has 0 radical (unpaired) electrons. The maximum atomic E-state index is 13.1. The third kappa shape index (κ3) is 6.13. The van der Waals surface area contributed by atoms with Crippen LogP contribution in [-0.4, -0.2) is 42.7 Å². The largest absolute Gasteiger partial charge is 0.444 e. The van der Waals surface area contributed by atoms with Gasteiger partial charge in [0.25, 0.3) is 0 Å². The Balaban J connectivity index is 2.24. The molecule has 7 heteroatoms. The summed E-state index contributed by atoms with van der Waals surface area (Å²) in [6, 6.07) is 4.06. The highest BCUT2D eigenvalue weighted by Crippen LogP contribution is 2.37. The number of alkyl carbamates (subject to hydrolysis) is 1. The minimum absolute atomic E-state index is 0.251. The van der Waals surface area contributed by atoms with Gasteiger partial charge in [-0.25, -0.2) is 4.79 Å². The molecule has 0 saturated heterocycles. The molecule has 2 rings (SSSR count). The van der Waals surface area contributed by atoms with E-state index in [4.69, 9.17) is 8.85 Å². The highest BCUT2D eigenvalue weighted by Gasteiger charge is 2.36. The van der Waals surface area contributed by atoms with Crippen LogP contribution in [0, 0.1) is 0 Å². The molecule has 0 aromatic heterocycles. The average molecular weight is 389 g/mol. The number of amides is 1. The van der Waals surface area contributed by atoms with E-state index >= 15 is 0 Å². The van der Waals surface area contributed by atoms with Crippen LogP contribution in [-0.2, 0) is 10.9 Å². The number of likely N-dealkylation sites (N-methyl/N-ethyl adjacent to an activating group) is 1. The minimum Gasteiger partial charge on any atom is -0.444 e. The Labute approximate surface area is 163 Å². The molecule has 0 bridgehead atoms. The van der Waals surface area contributed by atoms with Gasteiger partial charge in [0.05, 0.1) is 5.56 Å². The van der Waals surface area contributed by atoms with Gasteiger partial charge >= 0.3 is 12.3 Å². The Hall–Kier alpha value is -1.76. The van der Waals surface area contributed by atoms with Crippen LogP contribution in [0.15, 0.2) is 24.3 Å². The van der Waals surface area contributed by atoms with E-state index in [1.807, 2.05) is 0 Å². The highest BCUT2D eigenvalue weighted by molar-refractivity contribution is 5.68. The second-order valence-electron chi connectivity index (χ2n) is 8.06. The van der Waals surface area contributed by atoms with E-state index in [0.717, 1.165) is 12.1 Å². The molecule has 1 saturated carbocycles. The van der Waals surface area contributed by atoms with E-state index in [9.17, 15) is 18.0 Å². The quantitative estimate of drug-likeness (QED) is 0.808. The second kappa shape index (κ2) is 8.09. The summed E-state index contributed by atoms with van der Waals surface area (Å²) in [4.78, 5) is 13.4. The molecule has 1 aromatic carbocycles. The summed E-state index contributed by atoms with van der Waals surface area (Å²) >= 11 is 0. The van der Waals surface area contributed by atoms with Crippen molar-refractivity contribution in [2.45, 2.75) is 69.8 Å². The molecule has 0 aliphatic heterocycles. The van der Waals surface area contributed by atoms with Gasteiger partial charge in [-0.15, -0.1) is 0 Å². The van der Waals surface area contributed by atoms with Crippen LogP contribution in [0.4, 0.5) is 18.0 Å². The number of hydrogen-bond acceptors (Lipinski definition) is 3. The lowest BCUT2D eigenvalue weighted by molar-refractivity contribution is -0.137. The van der Waals surface area contributed by atoms with Crippen LogP contribution in [0.3, 0.4) is 0 Å². The SMILES string of the molecule is [2H]C([2H])([2H])N(C)[C@H]1C[C@@H](c2cccc(C(F)(F)F)c2)CCC1NC(=O)OC(C)(C)C. The van der Waals surface area contributed by atoms with Gasteiger partial charge in [0, 0.05) is 16.2 Å². The van der Waals surface area contributed by atoms with E-state index in [1.54, 1.807) is 26.8 Å². The van der Waals surface area contributed by atoms with E-state index < -0.39 is 42.5 Å². The molecule has 1 fully saturated rings. The van der Waals surface area contributed by atoms with Crippen molar-refractivity contribution in [2.75, 3.05) is 14.0 Å². The van der Waals surface area contributed by atoms with Crippen molar-refractivity contribution in [2.24, 2.45) is 0 Å². The second-order valence-corrected chi connectivity index (χ2v) is 8.06. The van der Waals surface area contributed by atoms with Gasteiger partial charge in [0.15, 0.2) is 0 Å². The Kier molecular flexibility index (Phi) is 5.19. The van der Waals surface area contributed by atoms with Gasteiger partial charge in [-0.1, -0.05) is 18.2 Å². The van der Waals surface area contributed by atoms with Gasteiger partial charge in [0.2, 0.25) is 0 Å². The predicted octanol–water partition coefficient (Wildman–Crippen LogP) is 4.80. The van der Waals surface area contributed by atoms with E-state index in [0.29, 0.717) is 24.8 Å². The molecule has 0 spiro atoms. The maximum Gasteiger partial charge on any atom is 0.416 e. The van der Waals surface area contributed by atoms with E-state index in [1.165, 1.54) is 18.0 Å². The zero-order valence-corrected chi connectivity index (χ0v) is 16.1. The first kappa shape index (κ1) is 17.3. The molecule has 4 nitrogen and oxygen atoms in total. The summed E-state index contributed by atoms with van der Waals surface area (Å²) in [6.07, 6.45) is -3.84. The standard InChI is InChI=1S/C20H29F3N2O2/c1-19(2,3)27-18(26)24-16-10-9-14(12-17(16)25(4)5)13-7-6-8-15(11-13)20(21,22)23/h6-8,11,14,16-17H,9-10,12H2,1-5H3,(H,24,26)/t14-,16?,17-/m0/s1/i4D3. The lowest BCUT2D eigenvalue weighted by atomic mass is 9.78. The lowest BCUT2D eigenvalue weighted by Crippen LogP contribution is -2.53. The topological polar surface area (TPSA) is 41.6 Å². The van der Waals surface area contributed by atoms with Crippen molar-refractivity contribution in [1.29, 1.82) is 0 Å². The van der Waals surface area contributed by atoms with E-state index in [2.05, 4.69) is 5.32 Å². The van der Waals surface area contributed by atoms with Gasteiger partial charge in [-0.3, -0.25) is 0 Å². The van der Waals surface area contributed by atoms with Gasteiger partial charge in [-0.05, 0) is 71.6 Å².